The second-order valence-electron chi connectivity index (χ2n) is 4.70. The van der Waals surface area contributed by atoms with Crippen molar-refractivity contribution in [1.82, 2.24) is 0 Å². The lowest BCUT2D eigenvalue weighted by Gasteiger charge is -2.05. The number of methoxy groups -OCH3 is 1. The van der Waals surface area contributed by atoms with E-state index >= 15 is 0 Å². The summed E-state index contributed by atoms with van der Waals surface area (Å²) < 4.78 is 4.25. The summed E-state index contributed by atoms with van der Waals surface area (Å²) in [5, 5.41) is 15.8. The number of aliphatic carboxylic acids is 2. The maximum absolute atomic E-state index is 9.60. The molecule has 0 atom stereocenters. The Morgan fingerprint density at radius 1 is 0.762 bits per heavy atom. The Kier molecular flexibility index (Phi) is 21.4. The molecule has 0 aromatic rings. The Labute approximate surface area is 128 Å². The molecule has 0 aromatic heterocycles. The van der Waals surface area contributed by atoms with Crippen LogP contribution in [0.3, 0.4) is 0 Å². The largest absolute Gasteiger partial charge is 0.478 e. The van der Waals surface area contributed by atoms with E-state index in [-0.39, 0.29) is 11.1 Å². The molecule has 0 aliphatic heterocycles. The Morgan fingerprint density at radius 3 is 0.905 bits per heavy atom. The van der Waals surface area contributed by atoms with Gasteiger partial charge in [-0.1, -0.05) is 51.7 Å². The summed E-state index contributed by atoms with van der Waals surface area (Å²) in [6.45, 7) is 9.20. The molecule has 0 saturated heterocycles. The third kappa shape index (κ3) is 32.2. The minimum atomic E-state index is -0.935. The molecule has 21 heavy (non-hydrogen) atoms. The number of carboxylic acid groups (broad SMARTS) is 2. The lowest BCUT2D eigenvalue weighted by atomic mass is 10.0. The summed E-state index contributed by atoms with van der Waals surface area (Å²) in [7, 11) is 3.25. The zero-order valence-electron chi connectivity index (χ0n) is 13.8. The Morgan fingerprint density at radius 2 is 0.857 bits per heavy atom. The van der Waals surface area contributed by atoms with Gasteiger partial charge in [-0.3, -0.25) is 0 Å². The Balaban J connectivity index is -0.000000212. The highest BCUT2D eigenvalue weighted by Crippen LogP contribution is 2.15. The molecule has 0 amide bonds. The van der Waals surface area contributed by atoms with E-state index in [0.29, 0.717) is 0 Å². The molecular formula is C16H30O5. The van der Waals surface area contributed by atoms with E-state index in [9.17, 15) is 9.59 Å². The zero-order chi connectivity index (χ0) is 17.3. The van der Waals surface area contributed by atoms with Gasteiger partial charge >= 0.3 is 11.9 Å². The van der Waals surface area contributed by atoms with Crippen molar-refractivity contribution in [3.8, 4) is 0 Å². The first-order valence-electron chi connectivity index (χ1n) is 6.88. The van der Waals surface area contributed by atoms with Crippen LogP contribution in [0.1, 0.15) is 52.4 Å². The summed E-state index contributed by atoms with van der Waals surface area (Å²) in [5.74, 6) is -1.87. The van der Waals surface area contributed by atoms with Crippen molar-refractivity contribution < 1.29 is 24.5 Å². The van der Waals surface area contributed by atoms with Gasteiger partial charge in [-0.15, -0.1) is 0 Å². The molecule has 0 unspecified atom stereocenters. The van der Waals surface area contributed by atoms with Gasteiger partial charge in [0.15, 0.2) is 0 Å². The van der Waals surface area contributed by atoms with Gasteiger partial charge in [-0.2, -0.15) is 0 Å². The van der Waals surface area contributed by atoms with E-state index in [1.807, 2.05) is 0 Å². The van der Waals surface area contributed by atoms with Crippen LogP contribution in [-0.2, 0) is 14.3 Å². The molecular weight excluding hydrogens is 272 g/mol. The fourth-order valence-electron chi connectivity index (χ4n) is 1.06. The summed E-state index contributed by atoms with van der Waals surface area (Å²) in [6, 6.07) is 0. The molecule has 124 valence electrons. The predicted octanol–water partition coefficient (Wildman–Crippen LogP) is 3.90. The van der Waals surface area contributed by atoms with Crippen LogP contribution in [0.15, 0.2) is 24.3 Å². The van der Waals surface area contributed by atoms with Crippen molar-refractivity contribution >= 4 is 11.9 Å². The molecule has 0 heterocycles. The minimum Gasteiger partial charge on any atom is -0.478 e. The quantitative estimate of drug-likeness (QED) is 0.756. The van der Waals surface area contributed by atoms with Gasteiger partial charge in [0.2, 0.25) is 0 Å². The van der Waals surface area contributed by atoms with E-state index < -0.39 is 11.9 Å². The van der Waals surface area contributed by atoms with Crippen LogP contribution in [0.25, 0.3) is 0 Å². The average molecular weight is 302 g/mol. The summed E-state index contributed by atoms with van der Waals surface area (Å²) >= 11 is 0. The van der Waals surface area contributed by atoms with Gasteiger partial charge in [0.1, 0.15) is 0 Å². The zero-order valence-corrected chi connectivity index (χ0v) is 13.8. The van der Waals surface area contributed by atoms with E-state index in [2.05, 4.69) is 17.9 Å². The van der Waals surface area contributed by atoms with Crippen LogP contribution in [0.4, 0.5) is 0 Å². The fourth-order valence-corrected chi connectivity index (χ4v) is 1.06. The lowest BCUT2D eigenvalue weighted by Crippen LogP contribution is -1.92. The van der Waals surface area contributed by atoms with Crippen molar-refractivity contribution in [2.75, 3.05) is 14.2 Å². The first kappa shape index (κ1) is 24.4. The fraction of sp³-hybridized carbons (Fsp3) is 0.625. The highest BCUT2D eigenvalue weighted by Gasteiger charge is 1.95. The maximum atomic E-state index is 9.60. The van der Waals surface area contributed by atoms with Gasteiger partial charge in [0.05, 0.1) is 0 Å². The van der Waals surface area contributed by atoms with E-state index in [1.54, 1.807) is 14.2 Å². The van der Waals surface area contributed by atoms with Gasteiger partial charge in [0.25, 0.3) is 0 Å². The third-order valence-electron chi connectivity index (χ3n) is 2.23. The SMILES string of the molecule is C1CCCCC1.C=C(C)C(=O)O.C=C(C)C(=O)O.COC. The van der Waals surface area contributed by atoms with Crippen molar-refractivity contribution in [3.63, 3.8) is 0 Å². The second-order valence-corrected chi connectivity index (χ2v) is 4.70. The summed E-state index contributed by atoms with van der Waals surface area (Å²) in [5.41, 5.74) is 0.352. The first-order chi connectivity index (χ1) is 9.70. The normalized spacial score (nSPS) is 12.0. The molecule has 0 spiro atoms. The van der Waals surface area contributed by atoms with Crippen LogP contribution in [-0.4, -0.2) is 36.4 Å². The minimum absolute atomic E-state index is 0.176. The van der Waals surface area contributed by atoms with Gasteiger partial charge in [-0.25, -0.2) is 9.59 Å². The van der Waals surface area contributed by atoms with Crippen molar-refractivity contribution in [1.29, 1.82) is 0 Å². The molecule has 0 bridgehead atoms. The molecule has 1 fully saturated rings. The summed E-state index contributed by atoms with van der Waals surface area (Å²) in [4.78, 5) is 19.2. The van der Waals surface area contributed by atoms with Gasteiger partial charge < -0.3 is 14.9 Å². The van der Waals surface area contributed by atoms with Gasteiger partial charge in [0, 0.05) is 25.4 Å². The van der Waals surface area contributed by atoms with Crippen LogP contribution in [0.5, 0.6) is 0 Å². The number of rotatable bonds is 2. The highest BCUT2D eigenvalue weighted by atomic mass is 16.4. The second kappa shape index (κ2) is 18.4. The summed E-state index contributed by atoms with van der Waals surface area (Å²) in [6.07, 6.45) is 9.00. The molecule has 5 nitrogen and oxygen atoms in total. The Hall–Kier alpha value is -1.62. The van der Waals surface area contributed by atoms with Gasteiger partial charge in [-0.05, 0) is 13.8 Å². The maximum Gasteiger partial charge on any atom is 0.330 e. The van der Waals surface area contributed by atoms with Crippen molar-refractivity contribution in [2.24, 2.45) is 0 Å². The molecule has 1 saturated carbocycles. The standard InChI is InChI=1S/C6H12.2C4H6O2.C2H6O/c1-2-4-6-5-3-1;2*1-3(2)4(5)6;1-3-2/h1-6H2;2*1H2,2H3,(H,5,6);1-2H3. The van der Waals surface area contributed by atoms with Crippen LogP contribution in [0.2, 0.25) is 0 Å². The van der Waals surface area contributed by atoms with Crippen LogP contribution in [0, 0.1) is 0 Å². The molecule has 5 heteroatoms. The predicted molar refractivity (Wildman–Crippen MR) is 85.5 cm³/mol. The number of carbonyl (C=O) groups is 2. The first-order valence-corrected chi connectivity index (χ1v) is 6.88. The topological polar surface area (TPSA) is 83.8 Å². The van der Waals surface area contributed by atoms with E-state index in [1.165, 1.54) is 52.4 Å². The number of ether oxygens (including phenoxy) is 1. The van der Waals surface area contributed by atoms with Crippen molar-refractivity contribution in [3.05, 3.63) is 24.3 Å². The molecule has 2 N–H and O–H groups in total. The number of carboxylic acids is 2. The lowest BCUT2D eigenvalue weighted by molar-refractivity contribution is -0.133. The van der Waals surface area contributed by atoms with E-state index in [0.717, 1.165) is 0 Å². The average Bonchev–Trinajstić information content (AvgIpc) is 2.42. The molecule has 0 radical (unpaired) electrons. The van der Waals surface area contributed by atoms with Crippen LogP contribution >= 0.6 is 0 Å². The smallest absolute Gasteiger partial charge is 0.330 e. The molecule has 0 aromatic carbocycles. The number of hydrogen-bond acceptors (Lipinski definition) is 3. The molecule has 1 aliphatic rings. The van der Waals surface area contributed by atoms with Crippen LogP contribution < -0.4 is 0 Å². The third-order valence-corrected chi connectivity index (χ3v) is 2.23. The van der Waals surface area contributed by atoms with Crippen molar-refractivity contribution in [2.45, 2.75) is 52.4 Å². The highest BCUT2D eigenvalue weighted by molar-refractivity contribution is 5.85. The monoisotopic (exact) mass is 302 g/mol. The Bertz CT molecular complexity index is 244. The molecule has 1 rings (SSSR count). The molecule has 1 aliphatic carbocycles. The van der Waals surface area contributed by atoms with E-state index in [4.69, 9.17) is 10.2 Å². The number of hydrogen-bond donors (Lipinski definition) is 2.